The highest BCUT2D eigenvalue weighted by molar-refractivity contribution is 7.98. The number of hydrogen-bond donors (Lipinski definition) is 2. The van der Waals surface area contributed by atoms with Crippen LogP contribution in [0.5, 0.6) is 0 Å². The van der Waals surface area contributed by atoms with Gasteiger partial charge in [-0.15, -0.1) is 0 Å². The third-order valence-electron chi connectivity index (χ3n) is 2.43. The molecular formula is C12H16N6S. The predicted octanol–water partition coefficient (Wildman–Crippen LogP) is 1.95. The molecule has 2 N–H and O–H groups in total. The summed E-state index contributed by atoms with van der Waals surface area (Å²) in [4.78, 5) is 17.1. The summed E-state index contributed by atoms with van der Waals surface area (Å²) in [5.41, 5.74) is 0.933. The molecule has 0 aliphatic heterocycles. The molecule has 6 nitrogen and oxygen atoms in total. The van der Waals surface area contributed by atoms with Gasteiger partial charge in [-0.1, -0.05) is 11.8 Å². The van der Waals surface area contributed by atoms with E-state index in [0.717, 1.165) is 28.3 Å². The monoisotopic (exact) mass is 276 g/mol. The van der Waals surface area contributed by atoms with E-state index in [-0.39, 0.29) is 0 Å². The summed E-state index contributed by atoms with van der Waals surface area (Å²) in [6.45, 7) is 2.48. The van der Waals surface area contributed by atoms with Crippen molar-refractivity contribution in [3.63, 3.8) is 0 Å². The summed E-state index contributed by atoms with van der Waals surface area (Å²) in [7, 11) is 1.84. The van der Waals surface area contributed by atoms with Crippen LogP contribution in [0.2, 0.25) is 0 Å². The van der Waals surface area contributed by atoms with E-state index in [1.807, 2.05) is 32.4 Å². The molecule has 100 valence electrons. The van der Waals surface area contributed by atoms with Crippen molar-refractivity contribution in [2.75, 3.05) is 23.9 Å². The van der Waals surface area contributed by atoms with E-state index in [9.17, 15) is 0 Å². The molecule has 0 aliphatic rings. The van der Waals surface area contributed by atoms with Crippen LogP contribution in [0, 0.1) is 6.92 Å². The van der Waals surface area contributed by atoms with Gasteiger partial charge >= 0.3 is 0 Å². The minimum Gasteiger partial charge on any atom is -0.373 e. The Hall–Kier alpha value is -1.89. The first kappa shape index (κ1) is 13.5. The van der Waals surface area contributed by atoms with Crippen molar-refractivity contribution in [3.05, 3.63) is 29.8 Å². The van der Waals surface area contributed by atoms with Crippen LogP contribution in [0.15, 0.2) is 23.5 Å². The number of nitrogens with one attached hydrogen (secondary N) is 2. The van der Waals surface area contributed by atoms with E-state index in [1.54, 1.807) is 6.20 Å². The largest absolute Gasteiger partial charge is 0.373 e. The van der Waals surface area contributed by atoms with Crippen LogP contribution in [0.3, 0.4) is 0 Å². The van der Waals surface area contributed by atoms with Gasteiger partial charge in [-0.2, -0.15) is 0 Å². The van der Waals surface area contributed by atoms with Gasteiger partial charge in [-0.3, -0.25) is 0 Å². The van der Waals surface area contributed by atoms with Crippen molar-refractivity contribution in [1.82, 2.24) is 19.9 Å². The maximum absolute atomic E-state index is 4.39. The maximum atomic E-state index is 4.39. The lowest BCUT2D eigenvalue weighted by Gasteiger charge is -2.08. The lowest BCUT2D eigenvalue weighted by molar-refractivity contribution is 0.925. The molecule has 0 aliphatic carbocycles. The average Bonchev–Trinajstić information content (AvgIpc) is 2.44. The molecule has 0 radical (unpaired) electrons. The number of aryl methyl sites for hydroxylation is 1. The van der Waals surface area contributed by atoms with E-state index >= 15 is 0 Å². The number of thioether (sulfide) groups is 1. The molecule has 0 amide bonds. The van der Waals surface area contributed by atoms with Crippen LogP contribution in [0.4, 0.5) is 11.6 Å². The quantitative estimate of drug-likeness (QED) is 0.638. The van der Waals surface area contributed by atoms with Crippen LogP contribution in [0.25, 0.3) is 0 Å². The number of hydrogen-bond acceptors (Lipinski definition) is 7. The fraction of sp³-hybridized carbons (Fsp3) is 0.333. The molecule has 19 heavy (non-hydrogen) atoms. The van der Waals surface area contributed by atoms with Gasteiger partial charge in [0.1, 0.15) is 17.5 Å². The molecule has 0 saturated heterocycles. The van der Waals surface area contributed by atoms with Crippen LogP contribution < -0.4 is 10.6 Å². The molecule has 0 unspecified atom stereocenters. The van der Waals surface area contributed by atoms with E-state index in [4.69, 9.17) is 0 Å². The lowest BCUT2D eigenvalue weighted by atomic mass is 10.4. The van der Waals surface area contributed by atoms with E-state index in [1.165, 1.54) is 11.8 Å². The van der Waals surface area contributed by atoms with Gasteiger partial charge in [-0.25, -0.2) is 19.9 Å². The van der Waals surface area contributed by atoms with E-state index in [0.29, 0.717) is 6.54 Å². The zero-order valence-electron chi connectivity index (χ0n) is 11.1. The Balaban J connectivity index is 2.10. The van der Waals surface area contributed by atoms with Gasteiger partial charge < -0.3 is 10.6 Å². The van der Waals surface area contributed by atoms with Gasteiger partial charge in [0.05, 0.1) is 12.2 Å². The minimum atomic E-state index is 0.608. The summed E-state index contributed by atoms with van der Waals surface area (Å²) >= 11 is 1.51. The van der Waals surface area contributed by atoms with Gasteiger partial charge in [0.25, 0.3) is 0 Å². The highest BCUT2D eigenvalue weighted by Gasteiger charge is 2.03. The smallest absolute Gasteiger partial charge is 0.191 e. The number of anilines is 2. The first-order chi connectivity index (χ1) is 9.21. The molecule has 2 heterocycles. The number of aromatic nitrogens is 4. The second kappa shape index (κ2) is 6.33. The zero-order chi connectivity index (χ0) is 13.7. The average molecular weight is 276 g/mol. The Kier molecular flexibility index (Phi) is 4.51. The fourth-order valence-electron chi connectivity index (χ4n) is 1.52. The minimum absolute atomic E-state index is 0.608. The zero-order valence-corrected chi connectivity index (χ0v) is 12.0. The second-order valence-corrected chi connectivity index (χ2v) is 4.60. The van der Waals surface area contributed by atoms with Crippen LogP contribution in [0.1, 0.15) is 11.5 Å². The summed E-state index contributed by atoms with van der Waals surface area (Å²) in [6.07, 6.45) is 3.71. The van der Waals surface area contributed by atoms with Crippen molar-refractivity contribution in [2.45, 2.75) is 18.6 Å². The van der Waals surface area contributed by atoms with Crippen molar-refractivity contribution in [2.24, 2.45) is 0 Å². The molecule has 7 heteroatoms. The van der Waals surface area contributed by atoms with Gasteiger partial charge in [0.15, 0.2) is 5.16 Å². The van der Waals surface area contributed by atoms with Gasteiger partial charge in [0, 0.05) is 19.3 Å². The SMILES string of the molecule is CNc1cc(NCc2ccnc(C)n2)nc(SC)n1. The van der Waals surface area contributed by atoms with Gasteiger partial charge in [-0.05, 0) is 19.2 Å². The van der Waals surface area contributed by atoms with Gasteiger partial charge in [0.2, 0.25) is 0 Å². The second-order valence-electron chi connectivity index (χ2n) is 3.82. The molecular weight excluding hydrogens is 260 g/mol. The highest BCUT2D eigenvalue weighted by Crippen LogP contribution is 2.17. The molecule has 2 aromatic heterocycles. The maximum Gasteiger partial charge on any atom is 0.191 e. The predicted molar refractivity (Wildman–Crippen MR) is 77.5 cm³/mol. The Bertz CT molecular complexity index is 537. The lowest BCUT2D eigenvalue weighted by Crippen LogP contribution is -2.06. The third kappa shape index (κ3) is 3.78. The summed E-state index contributed by atoms with van der Waals surface area (Å²) in [6, 6.07) is 3.75. The summed E-state index contributed by atoms with van der Waals surface area (Å²) < 4.78 is 0. The first-order valence-corrected chi connectivity index (χ1v) is 7.07. The summed E-state index contributed by atoms with van der Waals surface area (Å²) in [5, 5.41) is 6.99. The first-order valence-electron chi connectivity index (χ1n) is 5.84. The molecule has 0 saturated carbocycles. The van der Waals surface area contributed by atoms with E-state index < -0.39 is 0 Å². The summed E-state index contributed by atoms with van der Waals surface area (Å²) in [5.74, 6) is 2.34. The van der Waals surface area contributed by atoms with Crippen LogP contribution in [-0.4, -0.2) is 33.2 Å². The van der Waals surface area contributed by atoms with Crippen molar-refractivity contribution < 1.29 is 0 Å². The molecule has 0 atom stereocenters. The molecule has 0 bridgehead atoms. The third-order valence-corrected chi connectivity index (χ3v) is 2.98. The van der Waals surface area contributed by atoms with Crippen LogP contribution in [-0.2, 0) is 6.54 Å². The van der Waals surface area contributed by atoms with Crippen LogP contribution >= 0.6 is 11.8 Å². The highest BCUT2D eigenvalue weighted by atomic mass is 32.2. The Morgan fingerprint density at radius 1 is 1.21 bits per heavy atom. The topological polar surface area (TPSA) is 75.6 Å². The fourth-order valence-corrected chi connectivity index (χ4v) is 1.90. The van der Waals surface area contributed by atoms with Crippen molar-refractivity contribution in [1.29, 1.82) is 0 Å². The normalized spacial score (nSPS) is 10.3. The number of nitrogens with zero attached hydrogens (tertiary/aromatic N) is 4. The van der Waals surface area contributed by atoms with Crippen molar-refractivity contribution >= 4 is 23.4 Å². The molecule has 0 fully saturated rings. The van der Waals surface area contributed by atoms with E-state index in [2.05, 4.69) is 30.6 Å². The molecule has 2 aromatic rings. The number of rotatable bonds is 5. The molecule has 2 rings (SSSR count). The van der Waals surface area contributed by atoms with Crippen molar-refractivity contribution in [3.8, 4) is 0 Å². The Morgan fingerprint density at radius 3 is 2.68 bits per heavy atom. The Labute approximate surface area is 116 Å². The molecule has 0 spiro atoms. The molecule has 0 aromatic carbocycles. The standard InChI is InChI=1S/C12H16N6S/c1-8-14-5-4-9(16-8)7-15-11-6-10(13-2)17-12(18-11)19-3/h4-6H,7H2,1-3H3,(H2,13,15,17,18). The Morgan fingerprint density at radius 2 is 2.00 bits per heavy atom.